The normalized spacial score (nSPS) is 14.7. The van der Waals surface area contributed by atoms with Crippen molar-refractivity contribution in [3.63, 3.8) is 0 Å². The molecule has 0 unspecified atom stereocenters. The molecule has 0 bridgehead atoms. The number of ether oxygens (including phenoxy) is 1. The van der Waals surface area contributed by atoms with E-state index in [9.17, 15) is 13.7 Å². The van der Waals surface area contributed by atoms with E-state index in [1.54, 1.807) is 0 Å². The minimum Gasteiger partial charge on any atom is -0.459 e. The van der Waals surface area contributed by atoms with Gasteiger partial charge in [-0.25, -0.2) is 0 Å². The number of hydrogen-bond donors (Lipinski definition) is 0. The molecule has 0 amide bonds. The average Bonchev–Trinajstić information content (AvgIpc) is 0.665. The van der Waals surface area contributed by atoms with Crippen LogP contribution in [0.25, 0.3) is 77.9 Å². The second-order valence-electron chi connectivity index (χ2n) is 30.3. The largest absolute Gasteiger partial charge is 0.459 e. The fraction of sp³-hybridized carbons (Fsp3) is 0.125. The van der Waals surface area contributed by atoms with Crippen molar-refractivity contribution in [3.8, 4) is 89.4 Å². The van der Waals surface area contributed by atoms with E-state index in [0.717, 1.165) is 61.2 Å². The van der Waals surface area contributed by atoms with E-state index in [4.69, 9.17) is 4.74 Å². The Morgan fingerprint density at radius 1 is 0.304 bits per heavy atom. The first-order valence-electron chi connectivity index (χ1n) is 40.2. The van der Waals surface area contributed by atoms with E-state index < -0.39 is 29.7 Å². The van der Waals surface area contributed by atoms with Gasteiger partial charge in [0.05, 0.1) is 25.1 Å². The molecule has 18 rings (SSSR count). The zero-order valence-electron chi connectivity index (χ0n) is 68.5. The summed E-state index contributed by atoms with van der Waals surface area (Å²) in [5.74, 6) is 0.114. The summed E-state index contributed by atoms with van der Waals surface area (Å²) >= 11 is 1.17. The molecule has 0 fully saturated rings. The monoisotopic (exact) mass is 1340 g/mol. The second kappa shape index (κ2) is 24.4. The molecule has 0 spiro atoms. The standard InChI is InChI=1S/C96H78B2N2OS/c1-94(2,3)71-54-74(64-37-23-13-24-38-64)91(75(55-71)65-39-25-14-26-40-65)99-81-50-47-68(61-31-17-10-18-32-61)51-80(81)98-88-82(99)58-73(96(7,8)9)59-83(88)100(92-76(66-41-27-15-28-42-66)56-72(95(4,5)6)57-77(92)67-43-29-16-30-44-67)84-60-87-90-93(89(84)98)101-85-52-69(62-33-19-11-20-34-62)45-48-78(85)97(90)79-49-46-70(53-86(79)102-87)63-35-21-12-22-36-63/h10-60H,1-9H3/i45D,46D,47D,48D,49D,50D,51D,52D,53D,60D. The van der Waals surface area contributed by atoms with Crippen LogP contribution in [0.2, 0.25) is 0 Å². The third-order valence-electron chi connectivity index (χ3n) is 20.6. The maximum absolute atomic E-state index is 12.0. The van der Waals surface area contributed by atoms with Crippen LogP contribution >= 0.6 is 11.8 Å². The Morgan fingerprint density at radius 2 is 0.667 bits per heavy atom. The summed E-state index contributed by atoms with van der Waals surface area (Å²) in [5.41, 5.74) is 16.2. The van der Waals surface area contributed by atoms with Gasteiger partial charge in [-0.2, -0.15) is 0 Å². The molecule has 0 N–H and O–H groups in total. The van der Waals surface area contributed by atoms with E-state index in [1.807, 2.05) is 164 Å². The highest BCUT2D eigenvalue weighted by atomic mass is 32.2. The zero-order valence-corrected chi connectivity index (χ0v) is 59.4. The first-order valence-corrected chi connectivity index (χ1v) is 36.0. The van der Waals surface area contributed by atoms with Crippen LogP contribution in [0.15, 0.2) is 319 Å². The van der Waals surface area contributed by atoms with Gasteiger partial charge in [-0.3, -0.25) is 0 Å². The minimum atomic E-state index is -1.29. The van der Waals surface area contributed by atoms with Gasteiger partial charge >= 0.3 is 0 Å². The molecular weight excluding hydrogens is 1250 g/mol. The van der Waals surface area contributed by atoms with Gasteiger partial charge in [0.1, 0.15) is 11.5 Å². The molecule has 0 aromatic heterocycles. The van der Waals surface area contributed by atoms with Crippen molar-refractivity contribution in [2.24, 2.45) is 0 Å². The van der Waals surface area contributed by atoms with Crippen LogP contribution in [-0.4, -0.2) is 13.4 Å². The van der Waals surface area contributed by atoms with E-state index in [1.165, 1.54) is 11.8 Å². The first kappa shape index (κ1) is 52.9. The highest BCUT2D eigenvalue weighted by Crippen LogP contribution is 2.57. The molecule has 14 aromatic rings. The molecular formula is C96H78B2N2OS. The summed E-state index contributed by atoms with van der Waals surface area (Å²) in [6, 6.07) is 81.3. The van der Waals surface area contributed by atoms with Crippen LogP contribution in [-0.2, 0) is 16.2 Å². The maximum atomic E-state index is 12.0. The molecule has 0 saturated carbocycles. The smallest absolute Gasteiger partial charge is 0.257 e. The molecule has 0 atom stereocenters. The van der Waals surface area contributed by atoms with Gasteiger partial charge in [0, 0.05) is 54.8 Å². The van der Waals surface area contributed by atoms with Crippen molar-refractivity contribution < 1.29 is 18.4 Å². The lowest BCUT2D eigenvalue weighted by Crippen LogP contribution is -2.65. The molecule has 0 aliphatic carbocycles. The lowest BCUT2D eigenvalue weighted by Gasteiger charge is -2.48. The summed E-state index contributed by atoms with van der Waals surface area (Å²) in [5, 5.41) is 0. The molecule has 3 nitrogen and oxygen atoms in total. The Morgan fingerprint density at radius 3 is 1.09 bits per heavy atom. The summed E-state index contributed by atoms with van der Waals surface area (Å²) in [6.45, 7) is 17.4. The number of anilines is 6. The summed E-state index contributed by atoms with van der Waals surface area (Å²) in [7, 11) is 0. The quantitative estimate of drug-likeness (QED) is 0.134. The highest BCUT2D eigenvalue weighted by molar-refractivity contribution is 8.00. The van der Waals surface area contributed by atoms with E-state index >= 15 is 0 Å². The van der Waals surface area contributed by atoms with Crippen molar-refractivity contribution in [1.29, 1.82) is 0 Å². The molecule has 6 heteroatoms. The Labute approximate surface area is 620 Å². The fourth-order valence-corrected chi connectivity index (χ4v) is 16.5. The van der Waals surface area contributed by atoms with Crippen LogP contribution in [0.5, 0.6) is 11.5 Å². The van der Waals surface area contributed by atoms with Crippen LogP contribution in [0, 0.1) is 0 Å². The van der Waals surface area contributed by atoms with Gasteiger partial charge in [-0.1, -0.05) is 328 Å². The molecule has 0 radical (unpaired) electrons. The molecule has 102 heavy (non-hydrogen) atoms. The molecule has 0 saturated heterocycles. The second-order valence-corrected chi connectivity index (χ2v) is 31.3. The van der Waals surface area contributed by atoms with E-state index in [-0.39, 0.29) is 105 Å². The first-order chi connectivity index (χ1) is 53.7. The lowest BCUT2D eigenvalue weighted by atomic mass is 9.30. The predicted octanol–water partition coefficient (Wildman–Crippen LogP) is 22.4. The molecule has 4 heterocycles. The SMILES string of the molecule is [2H]c1c([2H])c(-c2ccccc2)c([2H])c2c1B1c3c([2H])c([2H])c(-c4ccccc4)c([2H])c3Sc3c([2H])c4c(c(c31)O2)B1c2c(cc(C(C)(C)C)cc2N4c2c(-c3ccccc3)cc(C(C)(C)C)cc2-c2ccccc2)N(c2c(-c3ccccc3)cc(C(C)(C)C)cc2-c2ccccc2)c2c([2H])c([2H])c(-c3ccccc3)c([2H])c21. The van der Waals surface area contributed by atoms with Gasteiger partial charge in [-0.15, -0.1) is 0 Å². The number of rotatable bonds is 9. The third kappa shape index (κ3) is 10.7. The number of fused-ring (bicyclic) bond motifs is 9. The number of benzene rings is 14. The zero-order chi connectivity index (χ0) is 78.0. The van der Waals surface area contributed by atoms with Crippen LogP contribution in [0.4, 0.5) is 34.1 Å². The van der Waals surface area contributed by atoms with Crippen molar-refractivity contribution in [3.05, 3.63) is 326 Å². The summed E-state index contributed by atoms with van der Waals surface area (Å²) in [4.78, 5) is 5.10. The average molecular weight is 1340 g/mol. The van der Waals surface area contributed by atoms with Gasteiger partial charge in [-0.05, 0) is 176 Å². The molecule has 14 aromatic carbocycles. The van der Waals surface area contributed by atoms with E-state index in [0.29, 0.717) is 76.8 Å². The number of nitrogens with zero attached hydrogens (tertiary/aromatic N) is 2. The number of hydrogen-bond acceptors (Lipinski definition) is 4. The van der Waals surface area contributed by atoms with Crippen LogP contribution in [0.1, 0.15) is 92.7 Å². The highest BCUT2D eigenvalue weighted by Gasteiger charge is 2.51. The summed E-state index contributed by atoms with van der Waals surface area (Å²) < 4.78 is 116. The van der Waals surface area contributed by atoms with Crippen LogP contribution in [0.3, 0.4) is 0 Å². The molecule has 4 aliphatic rings. The minimum absolute atomic E-state index is 0.00277. The summed E-state index contributed by atoms with van der Waals surface area (Å²) in [6.07, 6.45) is 0. The van der Waals surface area contributed by atoms with Gasteiger partial charge < -0.3 is 14.5 Å². The van der Waals surface area contributed by atoms with E-state index in [2.05, 4.69) is 157 Å². The molecule has 4 aliphatic heterocycles. The Bertz CT molecular complexity index is 6110. The van der Waals surface area contributed by atoms with Gasteiger partial charge in [0.15, 0.2) is 0 Å². The van der Waals surface area contributed by atoms with Crippen LogP contribution < -0.4 is 47.3 Å². The van der Waals surface area contributed by atoms with Crippen molar-refractivity contribution in [1.82, 2.24) is 0 Å². The fourth-order valence-electron chi connectivity index (χ4n) is 15.4. The van der Waals surface area contributed by atoms with Gasteiger partial charge in [0.2, 0.25) is 0 Å². The Hall–Kier alpha value is -11.0. The van der Waals surface area contributed by atoms with Crippen molar-refractivity contribution >= 4 is 92.1 Å². The Kier molecular flexibility index (Phi) is 12.6. The lowest BCUT2D eigenvalue weighted by molar-refractivity contribution is 0.490. The topological polar surface area (TPSA) is 15.7 Å². The van der Waals surface area contributed by atoms with Gasteiger partial charge in [0.25, 0.3) is 13.4 Å². The van der Waals surface area contributed by atoms with Crippen molar-refractivity contribution in [2.75, 3.05) is 9.80 Å². The third-order valence-corrected chi connectivity index (χ3v) is 21.7. The predicted molar refractivity (Wildman–Crippen MR) is 436 cm³/mol. The molecule has 490 valence electrons. The maximum Gasteiger partial charge on any atom is 0.257 e. The Balaban J connectivity index is 1.11. The van der Waals surface area contributed by atoms with Crippen molar-refractivity contribution in [2.45, 2.75) is 88.3 Å².